The molecule has 5 heteroatoms. The summed E-state index contributed by atoms with van der Waals surface area (Å²) in [5, 5.41) is 5.90. The van der Waals surface area contributed by atoms with E-state index in [0.717, 1.165) is 31.5 Å². The fourth-order valence-electron chi connectivity index (χ4n) is 3.40. The Morgan fingerprint density at radius 3 is 2.15 bits per heavy atom. The summed E-state index contributed by atoms with van der Waals surface area (Å²) in [6, 6.07) is 16.7. The molecule has 3 rings (SSSR count). The normalized spacial score (nSPS) is 14.9. The molecular weight excluding hydrogens is 338 g/mol. The Labute approximate surface area is 160 Å². The molecule has 1 saturated heterocycles. The molecule has 0 aliphatic carbocycles. The number of amides is 3. The number of carbonyl (C=O) groups is 2. The lowest BCUT2D eigenvalue weighted by Gasteiger charge is -2.23. The van der Waals surface area contributed by atoms with Gasteiger partial charge in [0.15, 0.2) is 0 Å². The number of benzene rings is 2. The minimum atomic E-state index is -0.254. The highest BCUT2D eigenvalue weighted by molar-refractivity contribution is 5.95. The van der Waals surface area contributed by atoms with Crippen LogP contribution in [0.15, 0.2) is 54.6 Å². The maximum atomic E-state index is 12.4. The van der Waals surface area contributed by atoms with E-state index in [1.54, 1.807) is 24.3 Å². The van der Waals surface area contributed by atoms with Crippen LogP contribution in [0, 0.1) is 5.92 Å². The second kappa shape index (κ2) is 8.71. The van der Waals surface area contributed by atoms with Gasteiger partial charge in [-0.05, 0) is 48.6 Å². The quantitative estimate of drug-likeness (QED) is 0.823. The van der Waals surface area contributed by atoms with Crippen molar-refractivity contribution in [2.24, 2.45) is 5.92 Å². The largest absolute Gasteiger partial charge is 0.339 e. The first-order valence-corrected chi connectivity index (χ1v) is 9.56. The molecule has 2 aromatic rings. The van der Waals surface area contributed by atoms with Gasteiger partial charge in [-0.1, -0.05) is 44.2 Å². The summed E-state index contributed by atoms with van der Waals surface area (Å²) in [7, 11) is 0. The van der Waals surface area contributed by atoms with Gasteiger partial charge in [-0.15, -0.1) is 0 Å². The van der Waals surface area contributed by atoms with Gasteiger partial charge in [0.25, 0.3) is 5.91 Å². The molecule has 2 aromatic carbocycles. The van der Waals surface area contributed by atoms with Crippen molar-refractivity contribution < 1.29 is 9.59 Å². The van der Waals surface area contributed by atoms with Gasteiger partial charge in [-0.3, -0.25) is 4.79 Å². The minimum absolute atomic E-state index is 0.0625. The molecule has 0 aromatic heterocycles. The molecule has 0 spiro atoms. The maximum Gasteiger partial charge on any atom is 0.319 e. The Morgan fingerprint density at radius 1 is 0.926 bits per heavy atom. The molecule has 1 heterocycles. The molecule has 1 aliphatic rings. The first-order chi connectivity index (χ1) is 13.0. The van der Waals surface area contributed by atoms with E-state index in [1.165, 1.54) is 0 Å². The topological polar surface area (TPSA) is 61.4 Å². The van der Waals surface area contributed by atoms with Crippen molar-refractivity contribution in [3.63, 3.8) is 0 Å². The van der Waals surface area contributed by atoms with E-state index >= 15 is 0 Å². The van der Waals surface area contributed by atoms with Crippen molar-refractivity contribution in [3.8, 4) is 0 Å². The number of nitrogens with zero attached hydrogens (tertiary/aromatic N) is 1. The van der Waals surface area contributed by atoms with Crippen LogP contribution in [-0.4, -0.2) is 29.9 Å². The molecule has 0 saturated carbocycles. The third-order valence-corrected chi connectivity index (χ3v) is 4.89. The third kappa shape index (κ3) is 4.88. The molecule has 1 aliphatic heterocycles. The average molecular weight is 365 g/mol. The van der Waals surface area contributed by atoms with E-state index in [9.17, 15) is 9.59 Å². The van der Waals surface area contributed by atoms with E-state index < -0.39 is 0 Å². The highest BCUT2D eigenvalue weighted by atomic mass is 16.2. The lowest BCUT2D eigenvalue weighted by atomic mass is 9.96. The molecule has 142 valence electrons. The third-order valence-electron chi connectivity index (χ3n) is 4.89. The fourth-order valence-corrected chi connectivity index (χ4v) is 3.40. The summed E-state index contributed by atoms with van der Waals surface area (Å²) < 4.78 is 0. The van der Waals surface area contributed by atoms with Crippen LogP contribution in [0.4, 0.5) is 10.5 Å². The van der Waals surface area contributed by atoms with Crippen molar-refractivity contribution in [2.45, 2.75) is 32.7 Å². The Balaban J connectivity index is 1.61. The van der Waals surface area contributed by atoms with Crippen LogP contribution in [0.25, 0.3) is 0 Å². The number of urea groups is 1. The predicted molar refractivity (Wildman–Crippen MR) is 108 cm³/mol. The van der Waals surface area contributed by atoms with Crippen LogP contribution in [0.5, 0.6) is 0 Å². The smallest absolute Gasteiger partial charge is 0.319 e. The van der Waals surface area contributed by atoms with Crippen molar-refractivity contribution in [3.05, 3.63) is 65.7 Å². The Kier molecular flexibility index (Phi) is 6.12. The average Bonchev–Trinajstić information content (AvgIpc) is 3.21. The van der Waals surface area contributed by atoms with Gasteiger partial charge in [0.2, 0.25) is 0 Å². The summed E-state index contributed by atoms with van der Waals surface area (Å²) in [5.74, 6) is 0.325. The number of hydrogen-bond donors (Lipinski definition) is 2. The van der Waals surface area contributed by atoms with E-state index in [2.05, 4.69) is 24.5 Å². The van der Waals surface area contributed by atoms with Crippen molar-refractivity contribution in [1.29, 1.82) is 0 Å². The number of anilines is 1. The standard InChI is InChI=1S/C22H27N3O2/c1-16(2)20(17-8-4-3-5-9-17)24-22(27)23-19-12-10-18(11-13-19)21(26)25-14-6-7-15-25/h3-5,8-13,16,20H,6-7,14-15H2,1-2H3,(H2,23,24,27)/t20-/m0/s1. The van der Waals surface area contributed by atoms with E-state index in [0.29, 0.717) is 11.3 Å². The molecule has 1 fully saturated rings. The summed E-state index contributed by atoms with van der Waals surface area (Å²) in [4.78, 5) is 26.7. The van der Waals surface area contributed by atoms with Crippen LogP contribution in [0.3, 0.4) is 0 Å². The summed E-state index contributed by atoms with van der Waals surface area (Å²) in [6.45, 7) is 5.82. The number of rotatable bonds is 5. The van der Waals surface area contributed by atoms with Crippen LogP contribution < -0.4 is 10.6 Å². The Bertz CT molecular complexity index is 766. The van der Waals surface area contributed by atoms with Crippen molar-refractivity contribution in [2.75, 3.05) is 18.4 Å². The van der Waals surface area contributed by atoms with Gasteiger partial charge in [0, 0.05) is 24.3 Å². The number of hydrogen-bond acceptors (Lipinski definition) is 2. The summed E-state index contributed by atoms with van der Waals surface area (Å²) >= 11 is 0. The number of nitrogens with one attached hydrogen (secondary N) is 2. The van der Waals surface area contributed by atoms with Crippen molar-refractivity contribution >= 4 is 17.6 Å². The van der Waals surface area contributed by atoms with Crippen molar-refractivity contribution in [1.82, 2.24) is 10.2 Å². The van der Waals surface area contributed by atoms with Gasteiger partial charge in [-0.2, -0.15) is 0 Å². The zero-order chi connectivity index (χ0) is 19.2. The zero-order valence-corrected chi connectivity index (χ0v) is 15.9. The fraction of sp³-hybridized carbons (Fsp3) is 0.364. The Morgan fingerprint density at radius 2 is 1.56 bits per heavy atom. The second-order valence-electron chi connectivity index (χ2n) is 7.31. The van der Waals surface area contributed by atoms with Gasteiger partial charge >= 0.3 is 6.03 Å². The van der Waals surface area contributed by atoms with Gasteiger partial charge in [0.1, 0.15) is 0 Å². The van der Waals surface area contributed by atoms with Gasteiger partial charge < -0.3 is 15.5 Å². The molecule has 3 amide bonds. The number of carbonyl (C=O) groups excluding carboxylic acids is 2. The molecular formula is C22H27N3O2. The van der Waals surface area contributed by atoms with Gasteiger partial charge in [0.05, 0.1) is 6.04 Å². The monoisotopic (exact) mass is 365 g/mol. The second-order valence-corrected chi connectivity index (χ2v) is 7.31. The van der Waals surface area contributed by atoms with Crippen LogP contribution in [0.2, 0.25) is 0 Å². The van der Waals surface area contributed by atoms with E-state index in [4.69, 9.17) is 0 Å². The first-order valence-electron chi connectivity index (χ1n) is 9.56. The van der Waals surface area contributed by atoms with E-state index in [-0.39, 0.29) is 23.9 Å². The van der Waals surface area contributed by atoms with Crippen LogP contribution in [-0.2, 0) is 0 Å². The highest BCUT2D eigenvalue weighted by Gasteiger charge is 2.20. The predicted octanol–water partition coefficient (Wildman–Crippen LogP) is 4.44. The molecule has 1 atom stereocenters. The lowest BCUT2D eigenvalue weighted by molar-refractivity contribution is 0.0793. The van der Waals surface area contributed by atoms with E-state index in [1.807, 2.05) is 35.2 Å². The molecule has 5 nitrogen and oxygen atoms in total. The maximum absolute atomic E-state index is 12.4. The number of likely N-dealkylation sites (tertiary alicyclic amines) is 1. The Hall–Kier alpha value is -2.82. The van der Waals surface area contributed by atoms with Crippen LogP contribution in [0.1, 0.15) is 48.7 Å². The zero-order valence-electron chi connectivity index (χ0n) is 15.9. The lowest BCUT2D eigenvalue weighted by Crippen LogP contribution is -2.35. The highest BCUT2D eigenvalue weighted by Crippen LogP contribution is 2.22. The first kappa shape index (κ1) is 19.0. The molecule has 0 unspecified atom stereocenters. The van der Waals surface area contributed by atoms with Crippen LogP contribution >= 0.6 is 0 Å². The molecule has 0 radical (unpaired) electrons. The summed E-state index contributed by atoms with van der Waals surface area (Å²) in [5.41, 5.74) is 2.41. The molecule has 0 bridgehead atoms. The molecule has 27 heavy (non-hydrogen) atoms. The summed E-state index contributed by atoms with van der Waals surface area (Å²) in [6.07, 6.45) is 2.15. The van der Waals surface area contributed by atoms with Gasteiger partial charge in [-0.25, -0.2) is 4.79 Å². The SMILES string of the molecule is CC(C)[C@H](NC(=O)Nc1ccc(C(=O)N2CCCC2)cc1)c1ccccc1. The minimum Gasteiger partial charge on any atom is -0.339 e. The molecule has 2 N–H and O–H groups in total.